The van der Waals surface area contributed by atoms with Crippen LogP contribution in [0.15, 0.2) is 54.6 Å². The SMILES string of the molecule is CCCCCCCCCCCCCCCCc1ccc(C(=S)C=Cc2cccc([N+](=O)[O-])c2)cc1. The van der Waals surface area contributed by atoms with Gasteiger partial charge in [-0.3, -0.25) is 10.1 Å². The smallest absolute Gasteiger partial charge is 0.258 e. The molecule has 0 saturated carbocycles. The second-order valence-electron chi connectivity index (χ2n) is 9.59. The normalized spacial score (nSPS) is 11.2. The Morgan fingerprint density at radius 1 is 0.800 bits per heavy atom. The van der Waals surface area contributed by atoms with Crippen molar-refractivity contribution in [2.45, 2.75) is 103 Å². The van der Waals surface area contributed by atoms with E-state index in [-0.39, 0.29) is 10.6 Å². The minimum atomic E-state index is -0.383. The maximum atomic E-state index is 10.9. The first-order valence-electron chi connectivity index (χ1n) is 13.7. The lowest BCUT2D eigenvalue weighted by atomic mass is 10.0. The lowest BCUT2D eigenvalue weighted by Crippen LogP contribution is -1.94. The largest absolute Gasteiger partial charge is 0.270 e. The Morgan fingerprint density at radius 3 is 1.89 bits per heavy atom. The fraction of sp³-hybridized carbons (Fsp3) is 0.516. The summed E-state index contributed by atoms with van der Waals surface area (Å²) < 4.78 is 0. The first-order chi connectivity index (χ1) is 17.1. The maximum Gasteiger partial charge on any atom is 0.270 e. The number of nitro groups is 1. The van der Waals surface area contributed by atoms with E-state index in [9.17, 15) is 10.1 Å². The predicted octanol–water partition coefficient (Wildman–Crippen LogP) is 10.0. The molecule has 35 heavy (non-hydrogen) atoms. The molecule has 190 valence electrons. The van der Waals surface area contributed by atoms with Crippen molar-refractivity contribution in [1.29, 1.82) is 0 Å². The van der Waals surface area contributed by atoms with Gasteiger partial charge in [-0.25, -0.2) is 0 Å². The van der Waals surface area contributed by atoms with Crippen molar-refractivity contribution < 1.29 is 4.92 Å². The van der Waals surface area contributed by atoms with Crippen molar-refractivity contribution in [3.63, 3.8) is 0 Å². The number of hydrogen-bond acceptors (Lipinski definition) is 3. The molecular formula is C31H43NO2S. The molecule has 2 aromatic rings. The van der Waals surface area contributed by atoms with E-state index >= 15 is 0 Å². The molecule has 0 aromatic heterocycles. The Kier molecular flexibility index (Phi) is 14.9. The third-order valence-electron chi connectivity index (χ3n) is 6.57. The van der Waals surface area contributed by atoms with Gasteiger partial charge in [-0.1, -0.05) is 145 Å². The summed E-state index contributed by atoms with van der Waals surface area (Å²) in [5.41, 5.74) is 3.23. The molecule has 4 heteroatoms. The molecule has 2 rings (SSSR count). The van der Waals surface area contributed by atoms with E-state index in [0.29, 0.717) is 0 Å². The molecule has 0 amide bonds. The van der Waals surface area contributed by atoms with E-state index < -0.39 is 0 Å². The topological polar surface area (TPSA) is 43.1 Å². The standard InChI is InChI=1S/C31H43NO2S/c1-2-3-4-5-6-7-8-9-10-11-12-13-14-15-17-27-20-23-29(24-21-27)31(35)25-22-28-18-16-19-30(26-28)32(33)34/h16,18-26H,2-15,17H2,1H3. The number of hydrogen-bond donors (Lipinski definition) is 0. The van der Waals surface area contributed by atoms with Crippen molar-refractivity contribution in [3.8, 4) is 0 Å². The summed E-state index contributed by atoms with van der Waals surface area (Å²) in [5, 5.41) is 10.9. The van der Waals surface area contributed by atoms with E-state index in [2.05, 4.69) is 31.2 Å². The maximum absolute atomic E-state index is 10.9. The fourth-order valence-corrected chi connectivity index (χ4v) is 4.57. The lowest BCUT2D eigenvalue weighted by Gasteiger charge is -2.05. The van der Waals surface area contributed by atoms with E-state index in [1.165, 1.54) is 102 Å². The highest BCUT2D eigenvalue weighted by atomic mass is 32.1. The molecule has 0 fully saturated rings. The van der Waals surface area contributed by atoms with Crippen LogP contribution in [0.2, 0.25) is 0 Å². The summed E-state index contributed by atoms with van der Waals surface area (Å²) in [6.07, 6.45) is 24.2. The Balaban J connectivity index is 1.55. The van der Waals surface area contributed by atoms with E-state index in [0.717, 1.165) is 22.4 Å². The Morgan fingerprint density at radius 2 is 1.34 bits per heavy atom. The third-order valence-corrected chi connectivity index (χ3v) is 6.94. The van der Waals surface area contributed by atoms with Crippen LogP contribution >= 0.6 is 12.2 Å². The molecule has 0 aliphatic heterocycles. The van der Waals surface area contributed by atoms with Gasteiger partial charge in [0.2, 0.25) is 0 Å². The molecule has 0 N–H and O–H groups in total. The van der Waals surface area contributed by atoms with Crippen LogP contribution in [0.1, 0.15) is 114 Å². The second-order valence-corrected chi connectivity index (χ2v) is 10.0. The molecular weight excluding hydrogens is 450 g/mol. The monoisotopic (exact) mass is 493 g/mol. The number of thiocarbonyl (C=S) groups is 1. The number of non-ortho nitro benzene ring substituents is 1. The molecule has 0 saturated heterocycles. The molecule has 0 heterocycles. The minimum absolute atomic E-state index is 0.0888. The number of unbranched alkanes of at least 4 members (excludes halogenated alkanes) is 13. The highest BCUT2D eigenvalue weighted by Gasteiger charge is 2.04. The first kappa shape index (κ1) is 28.9. The molecule has 0 spiro atoms. The van der Waals surface area contributed by atoms with Gasteiger partial charge in [-0.05, 0) is 35.6 Å². The van der Waals surface area contributed by atoms with Crippen molar-refractivity contribution in [2.75, 3.05) is 0 Å². The van der Waals surface area contributed by atoms with Gasteiger partial charge in [0.1, 0.15) is 0 Å². The van der Waals surface area contributed by atoms with Crippen LogP contribution in [0.25, 0.3) is 6.08 Å². The molecule has 0 aliphatic rings. The van der Waals surface area contributed by atoms with Crippen LogP contribution < -0.4 is 0 Å². The van der Waals surface area contributed by atoms with Gasteiger partial charge >= 0.3 is 0 Å². The highest BCUT2D eigenvalue weighted by molar-refractivity contribution is 7.81. The summed E-state index contributed by atoms with van der Waals surface area (Å²) in [6, 6.07) is 15.1. The van der Waals surface area contributed by atoms with E-state index in [4.69, 9.17) is 12.2 Å². The molecule has 0 unspecified atom stereocenters. The van der Waals surface area contributed by atoms with Gasteiger partial charge in [0.15, 0.2) is 0 Å². The van der Waals surface area contributed by atoms with E-state index in [1.807, 2.05) is 18.2 Å². The molecule has 0 radical (unpaired) electrons. The van der Waals surface area contributed by atoms with Crippen molar-refractivity contribution in [1.82, 2.24) is 0 Å². The Hall–Kier alpha value is -2.33. The predicted molar refractivity (Wildman–Crippen MR) is 154 cm³/mol. The summed E-state index contributed by atoms with van der Waals surface area (Å²) in [5.74, 6) is 0. The Labute approximate surface area is 218 Å². The summed E-state index contributed by atoms with van der Waals surface area (Å²) in [7, 11) is 0. The molecule has 0 atom stereocenters. The van der Waals surface area contributed by atoms with Crippen LogP contribution in [0.4, 0.5) is 5.69 Å². The van der Waals surface area contributed by atoms with Crippen molar-refractivity contribution in [3.05, 3.63) is 81.4 Å². The molecule has 3 nitrogen and oxygen atoms in total. The van der Waals surface area contributed by atoms with Crippen LogP contribution in [0, 0.1) is 10.1 Å². The van der Waals surface area contributed by atoms with Crippen LogP contribution in [-0.2, 0) is 6.42 Å². The summed E-state index contributed by atoms with van der Waals surface area (Å²) >= 11 is 5.53. The molecule has 0 aliphatic carbocycles. The van der Waals surface area contributed by atoms with Gasteiger partial charge < -0.3 is 0 Å². The van der Waals surface area contributed by atoms with Gasteiger partial charge in [-0.2, -0.15) is 0 Å². The number of allylic oxidation sites excluding steroid dienone is 1. The molecule has 2 aromatic carbocycles. The fourth-order valence-electron chi connectivity index (χ4n) is 4.37. The second kappa shape index (κ2) is 18.0. The number of aryl methyl sites for hydroxylation is 1. The number of benzene rings is 2. The van der Waals surface area contributed by atoms with E-state index in [1.54, 1.807) is 12.1 Å². The molecule has 0 bridgehead atoms. The Bertz CT molecular complexity index is 904. The van der Waals surface area contributed by atoms with Gasteiger partial charge in [0, 0.05) is 17.0 Å². The van der Waals surface area contributed by atoms with Crippen LogP contribution in [-0.4, -0.2) is 9.79 Å². The van der Waals surface area contributed by atoms with Crippen molar-refractivity contribution in [2.24, 2.45) is 0 Å². The van der Waals surface area contributed by atoms with Crippen LogP contribution in [0.3, 0.4) is 0 Å². The van der Waals surface area contributed by atoms with Crippen LogP contribution in [0.5, 0.6) is 0 Å². The average molecular weight is 494 g/mol. The highest BCUT2D eigenvalue weighted by Crippen LogP contribution is 2.17. The average Bonchev–Trinajstić information content (AvgIpc) is 2.88. The minimum Gasteiger partial charge on any atom is -0.258 e. The number of nitro benzene ring substituents is 1. The quantitative estimate of drug-likeness (QED) is 0.0488. The zero-order valence-corrected chi connectivity index (χ0v) is 22.4. The zero-order chi connectivity index (χ0) is 25.1. The summed E-state index contributed by atoms with van der Waals surface area (Å²) in [4.78, 5) is 11.3. The van der Waals surface area contributed by atoms with Gasteiger partial charge in [0.25, 0.3) is 5.69 Å². The number of nitrogens with zero attached hydrogens (tertiary/aromatic N) is 1. The van der Waals surface area contributed by atoms with Gasteiger partial charge in [0.05, 0.1) is 4.92 Å². The number of rotatable bonds is 19. The third kappa shape index (κ3) is 12.8. The first-order valence-corrected chi connectivity index (χ1v) is 14.1. The summed E-state index contributed by atoms with van der Waals surface area (Å²) in [6.45, 7) is 2.28. The lowest BCUT2D eigenvalue weighted by molar-refractivity contribution is -0.384. The van der Waals surface area contributed by atoms with Crippen molar-refractivity contribution >= 4 is 28.8 Å². The van der Waals surface area contributed by atoms with Gasteiger partial charge in [-0.15, -0.1) is 0 Å². The zero-order valence-electron chi connectivity index (χ0n) is 21.6.